The fraction of sp³-hybridized carbons (Fsp3) is 0.211. The van der Waals surface area contributed by atoms with E-state index in [1.54, 1.807) is 31.2 Å². The van der Waals surface area contributed by atoms with Gasteiger partial charge in [0.2, 0.25) is 17.8 Å². The second-order valence-corrected chi connectivity index (χ2v) is 32.8. The number of hydrogen-bond acceptors (Lipinski definition) is 32. The standard InChI is InChI=1S/C57H53N17O20S8/c1-31-22-44(48(95-16-7-19-98(80,81)82)27-40(31)66-65-39-15-14-35(74(77)78)25-51(39)102(92,93)94)69-68-43-28-49(96-17-8-20-99(83,84)85)45(26-42(43)61-56-62-55(63-57(76)64-56)59-34-10-6-11-36(24-34)101(89,90)91)70-67-41-29-50(97(79)18-9-21-100(86,87)88)46(23-32(41)2)71-72-52-33(3)37(30-58)53-60-38-12-4-5-13-47(38)73(53)54(52)75/h4-6,10-15,22-29,75H,7-9,16-21H2,1-3H3,(H,80,81,82)(H,83,84,85)(H,86,87,88)(H,89,90,91)(H,92,93,94)(H3,59,61,62,63,64,76). The van der Waals surface area contributed by atoms with Gasteiger partial charge in [-0.3, -0.25) is 41.5 Å². The molecule has 9 N–H and O–H groups in total. The van der Waals surface area contributed by atoms with Gasteiger partial charge in [-0.1, -0.05) is 18.2 Å². The number of pyridine rings is 1. The zero-order valence-corrected chi connectivity index (χ0v) is 59.1. The van der Waals surface area contributed by atoms with Gasteiger partial charge in [-0.2, -0.15) is 72.5 Å². The van der Waals surface area contributed by atoms with E-state index in [4.69, 9.17) is 0 Å². The number of nitro benzene ring substituents is 1. The molecule has 9 rings (SSSR count). The van der Waals surface area contributed by atoms with Crippen LogP contribution in [-0.2, 0) is 61.4 Å². The first kappa shape index (κ1) is 76.4. The second kappa shape index (κ2) is 31.6. The Morgan fingerprint density at radius 3 is 1.75 bits per heavy atom. The van der Waals surface area contributed by atoms with Gasteiger partial charge >= 0.3 is 6.01 Å². The van der Waals surface area contributed by atoms with Crippen LogP contribution in [0.25, 0.3) is 16.7 Å². The number of non-ortho nitro benzene ring substituents is 1. The smallest absolute Gasteiger partial charge is 0.320 e. The zero-order valence-electron chi connectivity index (χ0n) is 52.6. The monoisotopic (exact) mass is 1550 g/mol. The lowest BCUT2D eigenvalue weighted by Gasteiger charge is -2.14. The van der Waals surface area contributed by atoms with Gasteiger partial charge in [0.25, 0.3) is 56.3 Å². The van der Waals surface area contributed by atoms with E-state index < -0.39 is 129 Å². The molecule has 45 heteroatoms. The van der Waals surface area contributed by atoms with E-state index >= 15 is 0 Å². The Hall–Kier alpha value is -9.83. The Bertz CT molecular complexity index is 5660. The maximum absolute atomic E-state index is 14.3. The Balaban J connectivity index is 1.20. The Morgan fingerprint density at radius 2 is 1.14 bits per heavy atom. The summed E-state index contributed by atoms with van der Waals surface area (Å²) in [6.45, 7) is 4.57. The van der Waals surface area contributed by atoms with Gasteiger partial charge in [0.15, 0.2) is 11.3 Å². The number of nitrogens with one attached hydrogen (secondary N) is 2. The molecule has 1 atom stereocenters. The molecular weight excluding hydrogens is 1500 g/mol. The molecule has 0 aliphatic heterocycles. The number of anilines is 4. The number of para-hydroxylation sites is 2. The summed E-state index contributed by atoms with van der Waals surface area (Å²) in [4.78, 5) is 26.0. The van der Waals surface area contributed by atoms with Gasteiger partial charge in [-0.25, -0.2) is 4.98 Å². The topological polar surface area (TPSA) is 575 Å². The maximum atomic E-state index is 14.3. The van der Waals surface area contributed by atoms with Crippen molar-refractivity contribution >= 4 is 176 Å². The van der Waals surface area contributed by atoms with Crippen molar-refractivity contribution in [2.45, 2.75) is 64.5 Å². The molecule has 6 aromatic carbocycles. The lowest BCUT2D eigenvalue weighted by atomic mass is 10.1. The van der Waals surface area contributed by atoms with Crippen LogP contribution in [0.3, 0.4) is 0 Å². The van der Waals surface area contributed by atoms with Crippen LogP contribution in [0.2, 0.25) is 0 Å². The number of aryl methyl sites for hydroxylation is 2. The van der Waals surface area contributed by atoms with E-state index in [1.165, 1.54) is 66.8 Å². The first-order chi connectivity index (χ1) is 47.9. The summed E-state index contributed by atoms with van der Waals surface area (Å²) in [7, 11) is -25.5. The first-order valence-electron chi connectivity index (χ1n) is 28.9. The predicted molar refractivity (Wildman–Crippen MR) is 372 cm³/mol. The largest absolute Gasteiger partial charge is 0.493 e. The SMILES string of the molecule is Cc1cc(N=Nc2c(C)c(C#N)c3nc4ccccc4n3c2O)c(S(=O)CCCS(=O)(=O)O)cc1N=Nc1cc(Nc2nc(O)nc(Nc3cccc(S(=O)(=O)O)c3)n2)c(N=Nc2cc(C)c(N=Nc3ccc([N+](=O)[O-])cc3S(=O)(=O)O)cc2SCCCS(=O)(=O)O)cc1SCCCS(=O)(=O)O. The van der Waals surface area contributed by atoms with Crippen LogP contribution in [-0.4, -0.2) is 143 Å². The van der Waals surface area contributed by atoms with Gasteiger partial charge in [0.05, 0.1) is 76.6 Å². The van der Waals surface area contributed by atoms with Crippen LogP contribution in [0.4, 0.5) is 74.5 Å². The van der Waals surface area contributed by atoms with Crippen molar-refractivity contribution in [1.29, 1.82) is 5.26 Å². The summed E-state index contributed by atoms with van der Waals surface area (Å²) >= 11 is 1.94. The van der Waals surface area contributed by atoms with E-state index in [0.717, 1.165) is 47.8 Å². The number of azo groups is 4. The number of thioether (sulfide) groups is 2. The number of nitro groups is 1. The molecular formula is C57H53N17O20S8. The molecule has 0 fully saturated rings. The molecule has 534 valence electrons. The molecule has 0 saturated heterocycles. The minimum absolute atomic E-state index is 0.000684. The molecule has 0 saturated carbocycles. The predicted octanol–water partition coefficient (Wildman–Crippen LogP) is 12.6. The maximum Gasteiger partial charge on any atom is 0.320 e. The molecule has 0 radical (unpaired) electrons. The minimum Gasteiger partial charge on any atom is -0.493 e. The number of hydrogen-bond donors (Lipinski definition) is 9. The molecule has 102 heavy (non-hydrogen) atoms. The van der Waals surface area contributed by atoms with Crippen LogP contribution in [0, 0.1) is 42.2 Å². The number of aromatic hydroxyl groups is 2. The summed E-state index contributed by atoms with van der Waals surface area (Å²) in [5.74, 6) is -3.90. The van der Waals surface area contributed by atoms with Crippen LogP contribution < -0.4 is 10.6 Å². The minimum atomic E-state index is -5.11. The number of benzene rings is 6. The molecule has 3 aromatic heterocycles. The second-order valence-electron chi connectivity index (χ2n) is 21.5. The molecule has 3 heterocycles. The van der Waals surface area contributed by atoms with Crippen LogP contribution in [0.5, 0.6) is 11.9 Å². The number of nitrogens with zero attached hydrogens (tertiary/aromatic N) is 15. The molecule has 9 aromatic rings. The van der Waals surface area contributed by atoms with Gasteiger partial charge in [-0.05, 0) is 135 Å². The lowest BCUT2D eigenvalue weighted by molar-refractivity contribution is -0.385. The normalized spacial score (nSPS) is 12.9. The van der Waals surface area contributed by atoms with E-state index in [1.807, 2.05) is 0 Å². The number of nitriles is 1. The van der Waals surface area contributed by atoms with Crippen molar-refractivity contribution in [1.82, 2.24) is 24.3 Å². The van der Waals surface area contributed by atoms with Crippen molar-refractivity contribution in [3.8, 4) is 18.0 Å². The fourth-order valence-electron chi connectivity index (χ4n) is 9.27. The third kappa shape index (κ3) is 20.0. The summed E-state index contributed by atoms with van der Waals surface area (Å²) in [5.41, 5.74) is -0.00784. The van der Waals surface area contributed by atoms with Crippen LogP contribution in [0.15, 0.2) is 169 Å². The molecule has 37 nitrogen and oxygen atoms in total. The average molecular weight is 1550 g/mol. The highest BCUT2D eigenvalue weighted by atomic mass is 32.2. The lowest BCUT2D eigenvalue weighted by Crippen LogP contribution is -2.08. The Labute approximate surface area is 589 Å². The summed E-state index contributed by atoms with van der Waals surface area (Å²) in [6.07, 6.45) is -0.601. The third-order valence-corrected chi connectivity index (χ3v) is 21.9. The van der Waals surface area contributed by atoms with Gasteiger partial charge in [0, 0.05) is 38.9 Å². The van der Waals surface area contributed by atoms with Gasteiger partial charge in [0.1, 0.15) is 39.3 Å². The van der Waals surface area contributed by atoms with E-state index in [-0.39, 0.29) is 130 Å². The third-order valence-electron chi connectivity index (χ3n) is 14.0. The molecule has 1 unspecified atom stereocenters. The number of aromatic nitrogens is 5. The van der Waals surface area contributed by atoms with E-state index in [0.29, 0.717) is 17.1 Å². The number of rotatable bonds is 30. The van der Waals surface area contributed by atoms with E-state index in [9.17, 15) is 94.7 Å². The number of fused-ring (bicyclic) bond motifs is 3. The van der Waals surface area contributed by atoms with E-state index in [2.05, 4.69) is 77.6 Å². The van der Waals surface area contributed by atoms with Crippen molar-refractivity contribution in [2.75, 3.05) is 45.2 Å². The van der Waals surface area contributed by atoms with Crippen molar-refractivity contribution < 1.29 is 84.2 Å². The Kier molecular flexibility index (Phi) is 23.7. The highest BCUT2D eigenvalue weighted by Crippen LogP contribution is 2.45. The quantitative estimate of drug-likeness (QED) is 0.00504. The fourth-order valence-corrected chi connectivity index (χ4v) is 15.6. The highest BCUT2D eigenvalue weighted by molar-refractivity contribution is 7.99. The molecule has 0 bridgehead atoms. The molecule has 0 aliphatic rings. The van der Waals surface area contributed by atoms with Crippen molar-refractivity contribution in [3.05, 3.63) is 135 Å². The van der Waals surface area contributed by atoms with Crippen molar-refractivity contribution in [3.63, 3.8) is 0 Å². The highest BCUT2D eigenvalue weighted by Gasteiger charge is 2.25. The Morgan fingerprint density at radius 1 is 0.588 bits per heavy atom. The summed E-state index contributed by atoms with van der Waals surface area (Å²) in [5, 5.41) is 84.9. The molecule has 0 amide bonds. The average Bonchev–Trinajstić information content (AvgIpc) is 1.58. The van der Waals surface area contributed by atoms with Gasteiger partial charge < -0.3 is 20.8 Å². The van der Waals surface area contributed by atoms with Gasteiger partial charge in [-0.15, -0.1) is 54.2 Å². The summed E-state index contributed by atoms with van der Waals surface area (Å²) in [6, 6.07) is 23.3. The first-order valence-corrected chi connectivity index (χ1v) is 39.9. The van der Waals surface area contributed by atoms with Crippen LogP contribution >= 0.6 is 23.5 Å². The molecule has 0 spiro atoms. The van der Waals surface area contributed by atoms with Crippen LogP contribution in [0.1, 0.15) is 41.5 Å². The van der Waals surface area contributed by atoms with Crippen molar-refractivity contribution in [2.24, 2.45) is 40.9 Å². The summed E-state index contributed by atoms with van der Waals surface area (Å²) < 4.78 is 184. The zero-order chi connectivity index (χ0) is 74.2. The number of imidazole rings is 1. The molecule has 0 aliphatic carbocycles.